The lowest BCUT2D eigenvalue weighted by atomic mass is 10.3. The van der Waals surface area contributed by atoms with E-state index in [0.29, 0.717) is 16.0 Å². The predicted octanol–water partition coefficient (Wildman–Crippen LogP) is 4.30. The van der Waals surface area contributed by atoms with Crippen LogP contribution in [0.3, 0.4) is 0 Å². The van der Waals surface area contributed by atoms with Crippen molar-refractivity contribution in [1.82, 2.24) is 14.9 Å². The number of para-hydroxylation sites is 2. The number of hydrogen-bond acceptors (Lipinski definition) is 8. The number of aromatic amines is 1. The lowest BCUT2D eigenvalue weighted by molar-refractivity contribution is -0.150. The first-order valence-corrected chi connectivity index (χ1v) is 10.8. The highest BCUT2D eigenvalue weighted by Gasteiger charge is 2.41. The minimum absolute atomic E-state index is 0.174. The molecule has 154 valence electrons. The molecule has 2 amide bonds. The lowest BCUT2D eigenvalue weighted by Crippen LogP contribution is -2.42. The second-order valence-electron chi connectivity index (χ2n) is 6.30. The van der Waals surface area contributed by atoms with Crippen molar-refractivity contribution in [2.45, 2.75) is 30.1 Å². The normalized spacial score (nSPS) is 16.6. The van der Waals surface area contributed by atoms with Crippen molar-refractivity contribution in [2.24, 2.45) is 0 Å². The molecule has 1 N–H and O–H groups in total. The van der Waals surface area contributed by atoms with Gasteiger partial charge in [0.15, 0.2) is 10.2 Å². The van der Waals surface area contributed by atoms with Crippen LogP contribution in [0.1, 0.15) is 19.6 Å². The molecule has 8 nitrogen and oxygen atoms in total. The number of rotatable bonds is 6. The number of nitrogens with zero attached hydrogens (tertiary/aromatic N) is 2. The first-order valence-electron chi connectivity index (χ1n) is 9.12. The number of H-pyrrole nitrogens is 1. The number of imidazole rings is 1. The smallest absolute Gasteiger partial charge is 0.329 e. The Balaban J connectivity index is 1.49. The standard InChI is InChI=1S/C20H17N3O5S2/c1-3-27-18(25)11(2)23-17(24)15(29-20(23)26)10-12-8-9-16(28-12)30-19-21-13-6-4-5-7-14(13)22-19/h4-11H,3H2,1-2H3,(H,21,22)/b15-10+/t11-/m1/s1. The van der Waals surface area contributed by atoms with E-state index in [0.717, 1.165) is 27.7 Å². The average Bonchev–Trinajstić information content (AvgIpc) is 3.40. The van der Waals surface area contributed by atoms with Gasteiger partial charge in [-0.15, -0.1) is 0 Å². The molecule has 2 aromatic heterocycles. The van der Waals surface area contributed by atoms with E-state index in [1.807, 2.05) is 24.3 Å². The van der Waals surface area contributed by atoms with Crippen molar-refractivity contribution < 1.29 is 23.5 Å². The number of amides is 2. The summed E-state index contributed by atoms with van der Waals surface area (Å²) in [5.74, 6) is -0.750. The number of thioether (sulfide) groups is 1. The molecule has 3 heterocycles. The summed E-state index contributed by atoms with van der Waals surface area (Å²) in [6.07, 6.45) is 1.49. The van der Waals surface area contributed by atoms with Crippen LogP contribution in [0.4, 0.5) is 4.79 Å². The van der Waals surface area contributed by atoms with Gasteiger partial charge in [0.05, 0.1) is 22.5 Å². The van der Waals surface area contributed by atoms with Crippen molar-refractivity contribution in [3.63, 3.8) is 0 Å². The van der Waals surface area contributed by atoms with E-state index in [4.69, 9.17) is 9.15 Å². The summed E-state index contributed by atoms with van der Waals surface area (Å²) in [6, 6.07) is 10.2. The van der Waals surface area contributed by atoms with Gasteiger partial charge < -0.3 is 14.1 Å². The van der Waals surface area contributed by atoms with Gasteiger partial charge in [0, 0.05) is 6.08 Å². The molecule has 1 aliphatic rings. The molecular formula is C20H17N3O5S2. The van der Waals surface area contributed by atoms with Crippen LogP contribution < -0.4 is 0 Å². The molecule has 0 unspecified atom stereocenters. The van der Waals surface area contributed by atoms with Crippen LogP contribution >= 0.6 is 23.5 Å². The molecule has 0 spiro atoms. The van der Waals surface area contributed by atoms with Gasteiger partial charge >= 0.3 is 5.97 Å². The van der Waals surface area contributed by atoms with Gasteiger partial charge in [0.25, 0.3) is 11.1 Å². The Morgan fingerprint density at radius 3 is 2.90 bits per heavy atom. The summed E-state index contributed by atoms with van der Waals surface area (Å²) in [7, 11) is 0. The molecule has 30 heavy (non-hydrogen) atoms. The zero-order valence-corrected chi connectivity index (χ0v) is 17.7. The number of imide groups is 1. The number of esters is 1. The van der Waals surface area contributed by atoms with E-state index in [-0.39, 0.29) is 11.5 Å². The second-order valence-corrected chi connectivity index (χ2v) is 8.28. The van der Waals surface area contributed by atoms with Crippen molar-refractivity contribution in [3.05, 3.63) is 47.1 Å². The molecule has 4 rings (SSSR count). The van der Waals surface area contributed by atoms with Crippen molar-refractivity contribution in [2.75, 3.05) is 6.61 Å². The van der Waals surface area contributed by atoms with Gasteiger partial charge in [0.1, 0.15) is 11.8 Å². The maximum atomic E-state index is 12.6. The third-order valence-corrected chi connectivity index (χ3v) is 5.97. The fourth-order valence-corrected chi connectivity index (χ4v) is 4.51. The molecule has 0 saturated carbocycles. The van der Waals surface area contributed by atoms with Gasteiger partial charge in [0.2, 0.25) is 0 Å². The number of carbonyl (C=O) groups is 3. The number of benzene rings is 1. The largest absolute Gasteiger partial charge is 0.464 e. The van der Waals surface area contributed by atoms with E-state index < -0.39 is 23.2 Å². The monoisotopic (exact) mass is 443 g/mol. The molecule has 10 heteroatoms. The molecule has 1 fully saturated rings. The van der Waals surface area contributed by atoms with Crippen LogP contribution in [0.15, 0.2) is 56.0 Å². The fraction of sp³-hybridized carbons (Fsp3) is 0.200. The minimum Gasteiger partial charge on any atom is -0.464 e. The summed E-state index contributed by atoms with van der Waals surface area (Å²) in [4.78, 5) is 45.5. The highest BCUT2D eigenvalue weighted by atomic mass is 32.2. The van der Waals surface area contributed by atoms with E-state index in [1.165, 1.54) is 24.8 Å². The minimum atomic E-state index is -0.987. The average molecular weight is 444 g/mol. The number of fused-ring (bicyclic) bond motifs is 1. The van der Waals surface area contributed by atoms with Crippen molar-refractivity contribution >= 4 is 57.7 Å². The quantitative estimate of drug-likeness (QED) is 0.444. The molecular weight excluding hydrogens is 426 g/mol. The molecule has 0 aliphatic carbocycles. The van der Waals surface area contributed by atoms with Crippen LogP contribution in [0.25, 0.3) is 17.1 Å². The SMILES string of the molecule is CCOC(=O)[C@@H](C)N1C(=O)S/C(=C/c2ccc(Sc3nc4ccccc4[nH]3)o2)C1=O. The summed E-state index contributed by atoms with van der Waals surface area (Å²) < 4.78 is 10.7. The molecule has 1 aliphatic heterocycles. The maximum Gasteiger partial charge on any atom is 0.329 e. The molecule has 0 bridgehead atoms. The van der Waals surface area contributed by atoms with E-state index in [1.54, 1.807) is 19.1 Å². The van der Waals surface area contributed by atoms with Gasteiger partial charge in [-0.05, 0) is 61.6 Å². The van der Waals surface area contributed by atoms with Crippen molar-refractivity contribution in [3.8, 4) is 0 Å². The Labute approximate surface area is 180 Å². The first-order chi connectivity index (χ1) is 14.5. The molecule has 1 saturated heterocycles. The zero-order valence-electron chi connectivity index (χ0n) is 16.1. The van der Waals surface area contributed by atoms with Gasteiger partial charge in [-0.2, -0.15) is 0 Å². The van der Waals surface area contributed by atoms with Crippen LogP contribution in [0, 0.1) is 0 Å². The van der Waals surface area contributed by atoms with E-state index in [9.17, 15) is 14.4 Å². The number of furan rings is 1. The van der Waals surface area contributed by atoms with Gasteiger partial charge in [-0.3, -0.25) is 14.5 Å². The molecule has 0 radical (unpaired) electrons. The first kappa shape index (κ1) is 20.3. The highest BCUT2D eigenvalue weighted by molar-refractivity contribution is 8.18. The fourth-order valence-electron chi connectivity index (χ4n) is 2.85. The molecule has 1 aromatic carbocycles. The number of carbonyl (C=O) groups excluding carboxylic acids is 3. The summed E-state index contributed by atoms with van der Waals surface area (Å²) in [6.45, 7) is 3.30. The molecule has 3 aromatic rings. The molecule has 1 atom stereocenters. The Kier molecular flexibility index (Phi) is 5.69. The van der Waals surface area contributed by atoms with Crippen LogP contribution in [0.5, 0.6) is 0 Å². The van der Waals surface area contributed by atoms with Crippen LogP contribution in [-0.4, -0.2) is 44.6 Å². The van der Waals surface area contributed by atoms with Gasteiger partial charge in [-0.25, -0.2) is 9.78 Å². The topological polar surface area (TPSA) is 106 Å². The zero-order chi connectivity index (χ0) is 21.3. The number of nitrogens with one attached hydrogen (secondary N) is 1. The second kappa shape index (κ2) is 8.41. The maximum absolute atomic E-state index is 12.6. The number of ether oxygens (including phenoxy) is 1. The highest BCUT2D eigenvalue weighted by Crippen LogP contribution is 2.35. The third-order valence-electron chi connectivity index (χ3n) is 4.28. The van der Waals surface area contributed by atoms with Crippen molar-refractivity contribution in [1.29, 1.82) is 0 Å². The van der Waals surface area contributed by atoms with Crippen LogP contribution in [0.2, 0.25) is 0 Å². The third kappa shape index (κ3) is 4.01. The number of aromatic nitrogens is 2. The Bertz CT molecular complexity index is 1130. The Morgan fingerprint density at radius 1 is 1.33 bits per heavy atom. The van der Waals surface area contributed by atoms with Gasteiger partial charge in [-0.1, -0.05) is 12.1 Å². The summed E-state index contributed by atoms with van der Waals surface area (Å²) >= 11 is 2.08. The summed E-state index contributed by atoms with van der Waals surface area (Å²) in [5.41, 5.74) is 1.78. The predicted molar refractivity (Wildman–Crippen MR) is 113 cm³/mol. The Hall–Kier alpha value is -2.98. The summed E-state index contributed by atoms with van der Waals surface area (Å²) in [5, 5.41) is 0.746. The van der Waals surface area contributed by atoms with E-state index in [2.05, 4.69) is 9.97 Å². The number of hydrogen-bond donors (Lipinski definition) is 1. The van der Waals surface area contributed by atoms with E-state index >= 15 is 0 Å². The lowest BCUT2D eigenvalue weighted by Gasteiger charge is -2.19. The Morgan fingerprint density at radius 2 is 2.13 bits per heavy atom. The van der Waals surface area contributed by atoms with Crippen LogP contribution in [-0.2, 0) is 14.3 Å².